The van der Waals surface area contributed by atoms with Gasteiger partial charge in [0.2, 0.25) is 5.95 Å². The molecule has 1 unspecified atom stereocenters. The van der Waals surface area contributed by atoms with E-state index in [1.54, 1.807) is 19.5 Å². The largest absolute Gasteiger partial charge is 0.370 e. The molecule has 1 atom stereocenters. The van der Waals surface area contributed by atoms with E-state index >= 15 is 0 Å². The second kappa shape index (κ2) is 6.42. The summed E-state index contributed by atoms with van der Waals surface area (Å²) in [6.45, 7) is 2.74. The van der Waals surface area contributed by atoms with Crippen LogP contribution < -0.4 is 10.6 Å². The number of anilines is 2. The maximum absolute atomic E-state index is 10.9. The topological polar surface area (TPSA) is 66.9 Å². The van der Waals surface area contributed by atoms with E-state index < -0.39 is 10.8 Å². The molecule has 0 bridgehead atoms. The molecule has 0 amide bonds. The Morgan fingerprint density at radius 2 is 2.25 bits per heavy atom. The van der Waals surface area contributed by atoms with Crippen LogP contribution in [0.4, 0.5) is 11.8 Å². The zero-order valence-electron chi connectivity index (χ0n) is 9.91. The molecule has 0 spiro atoms. The second-order valence-electron chi connectivity index (χ2n) is 3.53. The van der Waals surface area contributed by atoms with Gasteiger partial charge in [-0.25, -0.2) is 4.98 Å². The number of nitrogens with one attached hydrogen (secondary N) is 2. The molecule has 0 aliphatic rings. The van der Waals surface area contributed by atoms with E-state index in [1.807, 2.05) is 6.92 Å². The van der Waals surface area contributed by atoms with E-state index in [4.69, 9.17) is 0 Å². The van der Waals surface area contributed by atoms with Gasteiger partial charge in [0.1, 0.15) is 5.82 Å². The van der Waals surface area contributed by atoms with Gasteiger partial charge in [-0.3, -0.25) is 4.21 Å². The Morgan fingerprint density at radius 3 is 2.88 bits per heavy atom. The molecular weight excluding hydrogens is 224 g/mol. The van der Waals surface area contributed by atoms with Crippen LogP contribution >= 0.6 is 0 Å². The van der Waals surface area contributed by atoms with Crippen LogP contribution in [0, 0.1) is 6.92 Å². The molecule has 90 valence electrons. The SMILES string of the molecule is CNc1ncc(C)c(NCCCS(C)=O)n1. The van der Waals surface area contributed by atoms with Crippen molar-refractivity contribution in [2.24, 2.45) is 0 Å². The summed E-state index contributed by atoms with van der Waals surface area (Å²) < 4.78 is 10.9. The summed E-state index contributed by atoms with van der Waals surface area (Å²) in [4.78, 5) is 8.40. The Hall–Kier alpha value is -1.17. The maximum Gasteiger partial charge on any atom is 0.224 e. The summed E-state index contributed by atoms with van der Waals surface area (Å²) in [6.07, 6.45) is 4.37. The van der Waals surface area contributed by atoms with Crippen LogP contribution in [0.5, 0.6) is 0 Å². The van der Waals surface area contributed by atoms with Gasteiger partial charge in [-0.05, 0) is 13.3 Å². The number of rotatable bonds is 6. The lowest BCUT2D eigenvalue weighted by Gasteiger charge is -2.08. The van der Waals surface area contributed by atoms with Gasteiger partial charge < -0.3 is 10.6 Å². The molecule has 1 rings (SSSR count). The van der Waals surface area contributed by atoms with Crippen molar-refractivity contribution in [3.05, 3.63) is 11.8 Å². The van der Waals surface area contributed by atoms with Crippen LogP contribution in [0.25, 0.3) is 0 Å². The van der Waals surface area contributed by atoms with E-state index in [1.165, 1.54) is 0 Å². The molecule has 1 heterocycles. The average molecular weight is 242 g/mol. The summed E-state index contributed by atoms with van der Waals surface area (Å²) >= 11 is 0. The maximum atomic E-state index is 10.9. The normalized spacial score (nSPS) is 12.2. The fourth-order valence-electron chi connectivity index (χ4n) is 1.22. The number of aromatic nitrogens is 2. The lowest BCUT2D eigenvalue weighted by Crippen LogP contribution is -2.09. The average Bonchev–Trinajstić information content (AvgIpc) is 2.26. The lowest BCUT2D eigenvalue weighted by molar-refractivity contribution is 0.685. The Bertz CT molecular complexity index is 370. The Kier molecular flexibility index (Phi) is 5.18. The molecule has 16 heavy (non-hydrogen) atoms. The minimum Gasteiger partial charge on any atom is -0.370 e. The molecule has 0 aromatic carbocycles. The van der Waals surface area contributed by atoms with Gasteiger partial charge in [0.25, 0.3) is 0 Å². The highest BCUT2D eigenvalue weighted by atomic mass is 32.2. The Labute approximate surface area is 98.5 Å². The first-order valence-electron chi connectivity index (χ1n) is 5.18. The highest BCUT2D eigenvalue weighted by Crippen LogP contribution is 2.11. The molecule has 0 radical (unpaired) electrons. The Balaban J connectivity index is 2.49. The van der Waals surface area contributed by atoms with Crippen molar-refractivity contribution in [2.75, 3.05) is 36.2 Å². The first kappa shape index (κ1) is 12.9. The van der Waals surface area contributed by atoms with Crippen LogP contribution in [0.2, 0.25) is 0 Å². The van der Waals surface area contributed by atoms with Crippen molar-refractivity contribution in [3.63, 3.8) is 0 Å². The summed E-state index contributed by atoms with van der Waals surface area (Å²) in [5, 5.41) is 6.11. The van der Waals surface area contributed by atoms with Crippen LogP contribution in [0.1, 0.15) is 12.0 Å². The lowest BCUT2D eigenvalue weighted by atomic mass is 10.3. The summed E-state index contributed by atoms with van der Waals surface area (Å²) in [6, 6.07) is 0. The highest BCUT2D eigenvalue weighted by Gasteiger charge is 2.01. The minimum atomic E-state index is -0.720. The molecule has 6 heteroatoms. The second-order valence-corrected chi connectivity index (χ2v) is 5.09. The summed E-state index contributed by atoms with van der Waals surface area (Å²) in [7, 11) is 1.07. The van der Waals surface area contributed by atoms with Gasteiger partial charge in [-0.1, -0.05) is 0 Å². The predicted octanol–water partition coefficient (Wildman–Crippen LogP) is 1.01. The molecule has 5 nitrogen and oxygen atoms in total. The van der Waals surface area contributed by atoms with Crippen molar-refractivity contribution in [1.82, 2.24) is 9.97 Å². The zero-order chi connectivity index (χ0) is 12.0. The monoisotopic (exact) mass is 242 g/mol. The first-order valence-corrected chi connectivity index (χ1v) is 6.91. The van der Waals surface area contributed by atoms with Crippen molar-refractivity contribution in [3.8, 4) is 0 Å². The molecule has 2 N–H and O–H groups in total. The van der Waals surface area contributed by atoms with E-state index in [0.29, 0.717) is 5.95 Å². The highest BCUT2D eigenvalue weighted by molar-refractivity contribution is 7.84. The predicted molar refractivity (Wildman–Crippen MR) is 68.4 cm³/mol. The third-order valence-electron chi connectivity index (χ3n) is 2.10. The van der Waals surface area contributed by atoms with Gasteiger partial charge in [0.05, 0.1) is 0 Å². The molecule has 1 aromatic heterocycles. The number of aryl methyl sites for hydroxylation is 1. The molecule has 0 saturated heterocycles. The quantitative estimate of drug-likeness (QED) is 0.729. The van der Waals surface area contributed by atoms with E-state index in [0.717, 1.165) is 30.1 Å². The van der Waals surface area contributed by atoms with E-state index in [-0.39, 0.29) is 0 Å². The van der Waals surface area contributed by atoms with Crippen LogP contribution in [-0.2, 0) is 10.8 Å². The van der Waals surface area contributed by atoms with Gasteiger partial charge in [0.15, 0.2) is 0 Å². The van der Waals surface area contributed by atoms with E-state index in [2.05, 4.69) is 20.6 Å². The van der Waals surface area contributed by atoms with Crippen molar-refractivity contribution >= 4 is 22.6 Å². The van der Waals surface area contributed by atoms with Crippen LogP contribution in [0.3, 0.4) is 0 Å². The molecule has 0 aliphatic carbocycles. The van der Waals surface area contributed by atoms with Gasteiger partial charge in [-0.15, -0.1) is 0 Å². The van der Waals surface area contributed by atoms with Crippen molar-refractivity contribution in [1.29, 1.82) is 0 Å². The first-order chi connectivity index (χ1) is 7.63. The smallest absolute Gasteiger partial charge is 0.224 e. The number of nitrogens with zero attached hydrogens (tertiary/aromatic N) is 2. The molecule has 0 fully saturated rings. The number of hydrogen-bond acceptors (Lipinski definition) is 5. The van der Waals surface area contributed by atoms with Gasteiger partial charge in [0, 0.05) is 48.2 Å². The third kappa shape index (κ3) is 4.14. The number of hydrogen-bond donors (Lipinski definition) is 2. The van der Waals surface area contributed by atoms with Crippen molar-refractivity contribution in [2.45, 2.75) is 13.3 Å². The fourth-order valence-corrected chi connectivity index (χ4v) is 1.77. The van der Waals surface area contributed by atoms with E-state index in [9.17, 15) is 4.21 Å². The molecular formula is C10H18N4OS. The van der Waals surface area contributed by atoms with Crippen molar-refractivity contribution < 1.29 is 4.21 Å². The minimum absolute atomic E-state index is 0.604. The van der Waals surface area contributed by atoms with Gasteiger partial charge in [-0.2, -0.15) is 4.98 Å². The summed E-state index contributed by atoms with van der Waals surface area (Å²) in [5.41, 5.74) is 1.01. The summed E-state index contributed by atoms with van der Waals surface area (Å²) in [5.74, 6) is 2.16. The van der Waals surface area contributed by atoms with Crippen LogP contribution in [0.15, 0.2) is 6.20 Å². The fraction of sp³-hybridized carbons (Fsp3) is 0.600. The molecule has 0 aliphatic heterocycles. The van der Waals surface area contributed by atoms with Gasteiger partial charge >= 0.3 is 0 Å². The third-order valence-corrected chi connectivity index (χ3v) is 2.96. The molecule has 0 saturated carbocycles. The standard InChI is InChI=1S/C10H18N4OS/c1-8-7-13-10(11-2)14-9(8)12-5-4-6-16(3)15/h7H,4-6H2,1-3H3,(H2,11,12,13,14). The zero-order valence-corrected chi connectivity index (χ0v) is 10.7. The van der Waals surface area contributed by atoms with Crippen LogP contribution in [-0.4, -0.2) is 39.8 Å². The Morgan fingerprint density at radius 1 is 1.50 bits per heavy atom. The molecule has 1 aromatic rings.